The number of anilines is 1. The molecule has 0 radical (unpaired) electrons. The fourth-order valence-electron chi connectivity index (χ4n) is 2.90. The monoisotopic (exact) mass is 269 g/mol. The van der Waals surface area contributed by atoms with E-state index in [0.29, 0.717) is 6.61 Å². The zero-order valence-corrected chi connectivity index (χ0v) is 12.0. The van der Waals surface area contributed by atoms with E-state index in [1.54, 1.807) is 12.1 Å². The van der Waals surface area contributed by atoms with E-state index in [4.69, 9.17) is 4.74 Å². The molecule has 20 heavy (non-hydrogen) atoms. The summed E-state index contributed by atoms with van der Waals surface area (Å²) in [5.41, 5.74) is 6.04. The second-order valence-corrected chi connectivity index (χ2v) is 5.50. The number of fused-ring (bicyclic) bond motifs is 1. The highest BCUT2D eigenvalue weighted by Crippen LogP contribution is 2.37. The molecule has 2 aromatic carbocycles. The van der Waals surface area contributed by atoms with Crippen LogP contribution < -0.4 is 10.1 Å². The lowest BCUT2D eigenvalue weighted by molar-refractivity contribution is 0.338. The van der Waals surface area contributed by atoms with E-state index < -0.39 is 0 Å². The van der Waals surface area contributed by atoms with Crippen molar-refractivity contribution in [2.75, 3.05) is 11.9 Å². The second kappa shape index (κ2) is 4.75. The molecular formula is C17H19NO2. The molecule has 1 unspecified atom stereocenters. The molecule has 2 aromatic rings. The molecular weight excluding hydrogens is 250 g/mol. The summed E-state index contributed by atoms with van der Waals surface area (Å²) in [6.45, 7) is 6.94. The van der Waals surface area contributed by atoms with Gasteiger partial charge in [-0.05, 0) is 44.0 Å². The van der Waals surface area contributed by atoms with Crippen molar-refractivity contribution in [2.24, 2.45) is 0 Å². The Morgan fingerprint density at radius 1 is 1.10 bits per heavy atom. The summed E-state index contributed by atoms with van der Waals surface area (Å²) in [4.78, 5) is 0. The second-order valence-electron chi connectivity index (χ2n) is 5.50. The van der Waals surface area contributed by atoms with E-state index in [0.717, 1.165) is 11.3 Å². The van der Waals surface area contributed by atoms with E-state index in [1.807, 2.05) is 6.07 Å². The van der Waals surface area contributed by atoms with Crippen molar-refractivity contribution in [3.05, 3.63) is 52.6 Å². The van der Waals surface area contributed by atoms with Gasteiger partial charge in [0, 0.05) is 17.3 Å². The van der Waals surface area contributed by atoms with Crippen LogP contribution in [0.25, 0.3) is 0 Å². The van der Waals surface area contributed by atoms with Crippen LogP contribution in [0.2, 0.25) is 0 Å². The molecule has 0 spiro atoms. The average Bonchev–Trinajstić information content (AvgIpc) is 2.76. The lowest BCUT2D eigenvalue weighted by Crippen LogP contribution is -2.13. The van der Waals surface area contributed by atoms with Crippen molar-refractivity contribution in [3.63, 3.8) is 0 Å². The van der Waals surface area contributed by atoms with Crippen LogP contribution in [-0.2, 0) is 0 Å². The van der Waals surface area contributed by atoms with Crippen LogP contribution in [0, 0.1) is 20.8 Å². The van der Waals surface area contributed by atoms with Gasteiger partial charge in [-0.3, -0.25) is 0 Å². The van der Waals surface area contributed by atoms with Gasteiger partial charge < -0.3 is 15.2 Å². The van der Waals surface area contributed by atoms with E-state index in [-0.39, 0.29) is 11.8 Å². The summed E-state index contributed by atoms with van der Waals surface area (Å²) in [6.07, 6.45) is 0. The van der Waals surface area contributed by atoms with Gasteiger partial charge in [0.05, 0.1) is 6.04 Å². The van der Waals surface area contributed by atoms with Gasteiger partial charge in [-0.2, -0.15) is 0 Å². The minimum absolute atomic E-state index is 0.130. The predicted octanol–water partition coefficient (Wildman–Crippen LogP) is 3.86. The standard InChI is InChI=1S/C17H19NO2/c1-10-6-11(2)17(12(3)7-10)18-15-9-20-16-8-13(19)4-5-14(15)16/h4-8,15,18-19H,9H2,1-3H3. The average molecular weight is 269 g/mol. The van der Waals surface area contributed by atoms with Gasteiger partial charge in [-0.15, -0.1) is 0 Å². The number of benzene rings is 2. The molecule has 0 aromatic heterocycles. The van der Waals surface area contributed by atoms with Crippen LogP contribution in [0.1, 0.15) is 28.3 Å². The molecule has 2 N–H and O–H groups in total. The lowest BCUT2D eigenvalue weighted by Gasteiger charge is -2.18. The third kappa shape index (κ3) is 2.20. The maximum Gasteiger partial charge on any atom is 0.128 e. The Kier molecular flexibility index (Phi) is 3.05. The largest absolute Gasteiger partial charge is 0.508 e. The Labute approximate surface area is 119 Å². The number of phenols is 1. The third-order valence-electron chi connectivity index (χ3n) is 3.77. The number of phenolic OH excluding ortho intramolecular Hbond substituents is 1. The van der Waals surface area contributed by atoms with Crippen molar-refractivity contribution >= 4 is 5.69 Å². The fraction of sp³-hybridized carbons (Fsp3) is 0.294. The summed E-state index contributed by atoms with van der Waals surface area (Å²) >= 11 is 0. The number of rotatable bonds is 2. The molecule has 3 nitrogen and oxygen atoms in total. The van der Waals surface area contributed by atoms with Gasteiger partial charge in [0.1, 0.15) is 18.1 Å². The molecule has 0 bridgehead atoms. The van der Waals surface area contributed by atoms with Gasteiger partial charge >= 0.3 is 0 Å². The molecule has 1 aliphatic heterocycles. The number of nitrogens with one attached hydrogen (secondary N) is 1. The molecule has 0 fully saturated rings. The van der Waals surface area contributed by atoms with Crippen molar-refractivity contribution in [1.29, 1.82) is 0 Å². The SMILES string of the molecule is Cc1cc(C)c(NC2COc3cc(O)ccc32)c(C)c1. The molecule has 1 heterocycles. The first kappa shape index (κ1) is 12.9. The number of ether oxygens (including phenoxy) is 1. The molecule has 3 heteroatoms. The number of aromatic hydroxyl groups is 1. The molecule has 1 atom stereocenters. The van der Waals surface area contributed by atoms with Crippen LogP contribution in [0.15, 0.2) is 30.3 Å². The quantitative estimate of drug-likeness (QED) is 0.869. The Bertz CT molecular complexity index is 641. The lowest BCUT2D eigenvalue weighted by atomic mass is 10.0. The summed E-state index contributed by atoms with van der Waals surface area (Å²) in [6, 6.07) is 9.80. The van der Waals surface area contributed by atoms with Crippen LogP contribution in [0.5, 0.6) is 11.5 Å². The first-order valence-electron chi connectivity index (χ1n) is 6.84. The Morgan fingerprint density at radius 2 is 1.80 bits per heavy atom. The van der Waals surface area contributed by atoms with E-state index >= 15 is 0 Å². The van der Waals surface area contributed by atoms with E-state index in [2.05, 4.69) is 38.2 Å². The minimum atomic E-state index is 0.130. The molecule has 0 saturated carbocycles. The zero-order chi connectivity index (χ0) is 14.3. The molecule has 1 aliphatic rings. The Morgan fingerprint density at radius 3 is 2.50 bits per heavy atom. The normalized spacial score (nSPS) is 16.6. The number of hydrogen-bond acceptors (Lipinski definition) is 3. The summed E-state index contributed by atoms with van der Waals surface area (Å²) in [5.74, 6) is 1.01. The third-order valence-corrected chi connectivity index (χ3v) is 3.77. The smallest absolute Gasteiger partial charge is 0.128 e. The fourth-order valence-corrected chi connectivity index (χ4v) is 2.90. The summed E-state index contributed by atoms with van der Waals surface area (Å²) < 4.78 is 5.65. The van der Waals surface area contributed by atoms with Gasteiger partial charge in [-0.1, -0.05) is 17.7 Å². The Hall–Kier alpha value is -2.16. The van der Waals surface area contributed by atoms with Crippen LogP contribution in [0.3, 0.4) is 0 Å². The maximum absolute atomic E-state index is 9.49. The number of hydrogen-bond donors (Lipinski definition) is 2. The number of aryl methyl sites for hydroxylation is 3. The highest BCUT2D eigenvalue weighted by atomic mass is 16.5. The van der Waals surface area contributed by atoms with Crippen molar-refractivity contribution in [3.8, 4) is 11.5 Å². The topological polar surface area (TPSA) is 41.5 Å². The molecule has 0 amide bonds. The molecule has 0 saturated heterocycles. The van der Waals surface area contributed by atoms with Gasteiger partial charge in [0.2, 0.25) is 0 Å². The molecule has 3 rings (SSSR count). The van der Waals surface area contributed by atoms with Crippen LogP contribution in [0.4, 0.5) is 5.69 Å². The van der Waals surface area contributed by atoms with Crippen LogP contribution in [-0.4, -0.2) is 11.7 Å². The van der Waals surface area contributed by atoms with Gasteiger partial charge in [0.25, 0.3) is 0 Å². The van der Waals surface area contributed by atoms with Crippen molar-refractivity contribution in [1.82, 2.24) is 0 Å². The van der Waals surface area contributed by atoms with Crippen molar-refractivity contribution < 1.29 is 9.84 Å². The van der Waals surface area contributed by atoms with E-state index in [1.165, 1.54) is 22.4 Å². The van der Waals surface area contributed by atoms with Crippen LogP contribution >= 0.6 is 0 Å². The highest BCUT2D eigenvalue weighted by molar-refractivity contribution is 5.60. The minimum Gasteiger partial charge on any atom is -0.508 e. The first-order chi connectivity index (χ1) is 9.54. The summed E-state index contributed by atoms with van der Waals surface area (Å²) in [5, 5.41) is 13.1. The van der Waals surface area contributed by atoms with Gasteiger partial charge in [-0.25, -0.2) is 0 Å². The first-order valence-corrected chi connectivity index (χ1v) is 6.84. The zero-order valence-electron chi connectivity index (χ0n) is 12.0. The maximum atomic E-state index is 9.49. The highest BCUT2D eigenvalue weighted by Gasteiger charge is 2.25. The predicted molar refractivity (Wildman–Crippen MR) is 80.6 cm³/mol. The Balaban J connectivity index is 1.91. The molecule has 104 valence electrons. The van der Waals surface area contributed by atoms with Crippen molar-refractivity contribution in [2.45, 2.75) is 26.8 Å². The molecule has 0 aliphatic carbocycles. The van der Waals surface area contributed by atoms with E-state index in [9.17, 15) is 5.11 Å². The summed E-state index contributed by atoms with van der Waals surface area (Å²) in [7, 11) is 0. The van der Waals surface area contributed by atoms with Gasteiger partial charge in [0.15, 0.2) is 0 Å².